The van der Waals surface area contributed by atoms with Gasteiger partial charge in [0.05, 0.1) is 22.3 Å². The number of fused-ring (bicyclic) bond motifs is 4. The average Bonchev–Trinajstić information content (AvgIpc) is 3.50. The molecule has 7 rings (SSSR count). The summed E-state index contributed by atoms with van der Waals surface area (Å²) >= 11 is 0. The molecule has 1 N–H and O–H groups in total. The van der Waals surface area contributed by atoms with Gasteiger partial charge in [0.25, 0.3) is 0 Å². The Hall–Kier alpha value is -4.90. The molecule has 0 aliphatic carbocycles. The Bertz CT molecular complexity index is 2050. The van der Waals surface area contributed by atoms with Crippen LogP contribution in [0.25, 0.3) is 66.7 Å². The SMILES string of the molecule is CC(C)Cc1ccnc(-c2cc(-c3cccc4c3nc(-c3ccccc3O)n4C)c3oc4ccccc4c3c2)c1. The van der Waals surface area contributed by atoms with E-state index in [9.17, 15) is 5.11 Å². The van der Waals surface area contributed by atoms with Crippen LogP contribution in [0.1, 0.15) is 19.4 Å². The fraction of sp³-hybridized carbons (Fsp3) is 0.143. The Balaban J connectivity index is 1.51. The molecule has 0 saturated carbocycles. The van der Waals surface area contributed by atoms with Crippen molar-refractivity contribution in [2.45, 2.75) is 20.3 Å². The second-order valence-electron chi connectivity index (χ2n) is 10.8. The van der Waals surface area contributed by atoms with Crippen LogP contribution in [0, 0.1) is 5.92 Å². The zero-order chi connectivity index (χ0) is 27.4. The highest BCUT2D eigenvalue weighted by Gasteiger charge is 2.20. The van der Waals surface area contributed by atoms with Crippen molar-refractivity contribution in [3.8, 4) is 39.5 Å². The summed E-state index contributed by atoms with van der Waals surface area (Å²) in [6, 6.07) is 30.4. The minimum atomic E-state index is 0.205. The van der Waals surface area contributed by atoms with Crippen molar-refractivity contribution < 1.29 is 9.52 Å². The van der Waals surface area contributed by atoms with E-state index in [1.54, 1.807) is 6.07 Å². The Kier molecular flexibility index (Phi) is 5.67. The van der Waals surface area contributed by atoms with Gasteiger partial charge >= 0.3 is 0 Å². The average molecular weight is 524 g/mol. The first-order valence-corrected chi connectivity index (χ1v) is 13.6. The number of benzene rings is 4. The molecule has 0 bridgehead atoms. The van der Waals surface area contributed by atoms with Crippen molar-refractivity contribution in [2.24, 2.45) is 13.0 Å². The van der Waals surface area contributed by atoms with Crippen LogP contribution in [0.3, 0.4) is 0 Å². The van der Waals surface area contributed by atoms with E-state index < -0.39 is 0 Å². The molecule has 0 radical (unpaired) electrons. The maximum atomic E-state index is 10.6. The maximum Gasteiger partial charge on any atom is 0.144 e. The molecule has 0 aliphatic heterocycles. The summed E-state index contributed by atoms with van der Waals surface area (Å²) in [5.74, 6) is 1.48. The Morgan fingerprint density at radius 2 is 1.62 bits per heavy atom. The topological polar surface area (TPSA) is 64.1 Å². The molecule has 3 aromatic heterocycles. The number of hydrogen-bond acceptors (Lipinski definition) is 4. The van der Waals surface area contributed by atoms with Gasteiger partial charge in [-0.05, 0) is 66.4 Å². The highest BCUT2D eigenvalue weighted by atomic mass is 16.3. The number of hydrogen-bond donors (Lipinski definition) is 1. The summed E-state index contributed by atoms with van der Waals surface area (Å²) in [6.07, 6.45) is 2.91. The van der Waals surface area contributed by atoms with Gasteiger partial charge in [0.2, 0.25) is 0 Å². The lowest BCUT2D eigenvalue weighted by atomic mass is 9.95. The van der Waals surface area contributed by atoms with Gasteiger partial charge in [0, 0.05) is 40.7 Å². The lowest BCUT2D eigenvalue weighted by Crippen LogP contribution is -1.95. The number of phenolic OH excluding ortho intramolecular Hbond substituents is 1. The van der Waals surface area contributed by atoms with E-state index in [-0.39, 0.29) is 5.75 Å². The minimum Gasteiger partial charge on any atom is -0.507 e. The minimum absolute atomic E-state index is 0.205. The third-order valence-electron chi connectivity index (χ3n) is 7.59. The van der Waals surface area contributed by atoms with Crippen LogP contribution in [0.15, 0.2) is 102 Å². The first-order chi connectivity index (χ1) is 19.5. The second kappa shape index (κ2) is 9.38. The summed E-state index contributed by atoms with van der Waals surface area (Å²) in [4.78, 5) is 9.85. The molecule has 40 heavy (non-hydrogen) atoms. The van der Waals surface area contributed by atoms with E-state index in [0.29, 0.717) is 17.3 Å². The second-order valence-corrected chi connectivity index (χ2v) is 10.8. The third-order valence-corrected chi connectivity index (χ3v) is 7.59. The van der Waals surface area contributed by atoms with Gasteiger partial charge in [0.15, 0.2) is 0 Å². The maximum absolute atomic E-state index is 10.6. The molecule has 5 nitrogen and oxygen atoms in total. The zero-order valence-corrected chi connectivity index (χ0v) is 22.7. The predicted octanol–water partition coefficient (Wildman–Crippen LogP) is 8.77. The molecular formula is C35H29N3O2. The molecule has 7 aromatic rings. The molecule has 0 fully saturated rings. The van der Waals surface area contributed by atoms with Gasteiger partial charge in [-0.25, -0.2) is 4.98 Å². The summed E-state index contributed by atoms with van der Waals surface area (Å²) in [5.41, 5.74) is 9.38. The molecule has 196 valence electrons. The smallest absolute Gasteiger partial charge is 0.144 e. The molecule has 0 spiro atoms. The summed E-state index contributed by atoms with van der Waals surface area (Å²) in [5, 5.41) is 12.7. The largest absolute Gasteiger partial charge is 0.507 e. The number of pyridine rings is 1. The van der Waals surface area contributed by atoms with Crippen LogP contribution in [0.5, 0.6) is 5.75 Å². The number of aromatic hydroxyl groups is 1. The van der Waals surface area contributed by atoms with Crippen LogP contribution < -0.4 is 0 Å². The molecule has 3 heterocycles. The monoisotopic (exact) mass is 523 g/mol. The molecular weight excluding hydrogens is 494 g/mol. The van der Waals surface area contributed by atoms with Crippen LogP contribution in [0.4, 0.5) is 0 Å². The summed E-state index contributed by atoms with van der Waals surface area (Å²) in [7, 11) is 1.98. The van der Waals surface area contributed by atoms with E-state index in [4.69, 9.17) is 14.4 Å². The van der Waals surface area contributed by atoms with Gasteiger partial charge in [-0.1, -0.05) is 56.3 Å². The Labute approximate surface area is 232 Å². The standard InChI is InChI=1S/C35H29N3O2/c1-21(2)17-22-15-16-36-29(18-22)23-19-27-24-9-5-7-14-32(24)40-34(27)28(20-23)25-11-8-12-30-33(25)37-35(38(30)3)26-10-4-6-13-31(26)39/h4-16,18-21,39H,17H2,1-3H3. The molecule has 4 aromatic carbocycles. The van der Waals surface area contributed by atoms with E-state index >= 15 is 0 Å². The van der Waals surface area contributed by atoms with E-state index in [1.165, 1.54) is 5.56 Å². The quantitative estimate of drug-likeness (QED) is 0.245. The van der Waals surface area contributed by atoms with Gasteiger partial charge in [0.1, 0.15) is 22.7 Å². The highest BCUT2D eigenvalue weighted by molar-refractivity contribution is 6.13. The molecule has 5 heteroatoms. The fourth-order valence-corrected chi connectivity index (χ4v) is 5.74. The van der Waals surface area contributed by atoms with Crippen LogP contribution in [-0.4, -0.2) is 19.6 Å². The van der Waals surface area contributed by atoms with Gasteiger partial charge < -0.3 is 14.1 Å². The number of aryl methyl sites for hydroxylation is 1. The van der Waals surface area contributed by atoms with Crippen molar-refractivity contribution in [3.63, 3.8) is 0 Å². The normalized spacial score (nSPS) is 11.8. The van der Waals surface area contributed by atoms with Crippen LogP contribution >= 0.6 is 0 Å². The first-order valence-electron chi connectivity index (χ1n) is 13.6. The number of furan rings is 1. The van der Waals surface area contributed by atoms with Gasteiger partial charge in [-0.2, -0.15) is 0 Å². The Morgan fingerprint density at radius 3 is 2.48 bits per heavy atom. The van der Waals surface area contributed by atoms with E-state index in [2.05, 4.69) is 62.4 Å². The molecule has 0 aliphatic rings. The van der Waals surface area contributed by atoms with Crippen molar-refractivity contribution in [2.75, 3.05) is 0 Å². The first kappa shape index (κ1) is 24.2. The summed E-state index contributed by atoms with van der Waals surface area (Å²) in [6.45, 7) is 4.47. The molecule has 0 atom stereocenters. The Morgan fingerprint density at radius 1 is 0.825 bits per heavy atom. The lowest BCUT2D eigenvalue weighted by molar-refractivity contribution is 0.476. The molecule has 0 unspecified atom stereocenters. The van der Waals surface area contributed by atoms with E-state index in [0.717, 1.165) is 61.8 Å². The van der Waals surface area contributed by atoms with Crippen molar-refractivity contribution in [1.29, 1.82) is 0 Å². The van der Waals surface area contributed by atoms with Gasteiger partial charge in [-0.3, -0.25) is 4.98 Å². The fourth-order valence-electron chi connectivity index (χ4n) is 5.74. The zero-order valence-electron chi connectivity index (χ0n) is 22.7. The number of phenols is 1. The van der Waals surface area contributed by atoms with Crippen molar-refractivity contribution in [3.05, 3.63) is 103 Å². The molecule has 0 amide bonds. The number of rotatable bonds is 5. The van der Waals surface area contributed by atoms with Gasteiger partial charge in [-0.15, -0.1) is 0 Å². The molecule has 0 saturated heterocycles. The number of aromatic nitrogens is 3. The summed E-state index contributed by atoms with van der Waals surface area (Å²) < 4.78 is 8.53. The lowest BCUT2D eigenvalue weighted by Gasteiger charge is -2.10. The third kappa shape index (κ3) is 3.93. The number of nitrogens with zero attached hydrogens (tertiary/aromatic N) is 3. The van der Waals surface area contributed by atoms with Crippen molar-refractivity contribution >= 4 is 33.0 Å². The highest BCUT2D eigenvalue weighted by Crippen LogP contribution is 2.42. The number of imidazole rings is 1. The predicted molar refractivity (Wildman–Crippen MR) is 162 cm³/mol. The van der Waals surface area contributed by atoms with E-state index in [1.807, 2.05) is 54.2 Å². The van der Waals surface area contributed by atoms with Crippen molar-refractivity contribution in [1.82, 2.24) is 14.5 Å². The van der Waals surface area contributed by atoms with Crippen LogP contribution in [0.2, 0.25) is 0 Å². The van der Waals surface area contributed by atoms with Crippen LogP contribution in [-0.2, 0) is 13.5 Å². The number of para-hydroxylation sites is 3.